The molecule has 0 aliphatic carbocycles. The van der Waals surface area contributed by atoms with E-state index in [1.165, 1.54) is 6.42 Å². The summed E-state index contributed by atoms with van der Waals surface area (Å²) in [6.07, 6.45) is 3.71. The summed E-state index contributed by atoms with van der Waals surface area (Å²) in [5.74, 6) is 0.393. The highest BCUT2D eigenvalue weighted by molar-refractivity contribution is 5.66. The molecule has 0 aliphatic heterocycles. The lowest BCUT2D eigenvalue weighted by atomic mass is 9.95. The number of hydrogen-bond donors (Lipinski definition) is 1. The van der Waals surface area contributed by atoms with Crippen LogP contribution in [0, 0.1) is 11.8 Å². The molecule has 0 rings (SSSR count). The van der Waals surface area contributed by atoms with Crippen LogP contribution >= 0.6 is 0 Å². The van der Waals surface area contributed by atoms with Crippen LogP contribution in [0.2, 0.25) is 0 Å². The molecular weight excluding hydrogens is 152 g/mol. The summed E-state index contributed by atoms with van der Waals surface area (Å²) in [5.41, 5.74) is 0. The van der Waals surface area contributed by atoms with Gasteiger partial charge in [0.05, 0.1) is 0 Å². The fraction of sp³-hybridized carbons (Fsp3) is 0.900. The van der Waals surface area contributed by atoms with Crippen LogP contribution in [-0.2, 0) is 4.79 Å². The molecule has 0 saturated carbocycles. The molecule has 12 heavy (non-hydrogen) atoms. The van der Waals surface area contributed by atoms with Crippen molar-refractivity contribution in [2.45, 2.75) is 46.5 Å². The van der Waals surface area contributed by atoms with E-state index in [9.17, 15) is 4.79 Å². The highest BCUT2D eigenvalue weighted by Crippen LogP contribution is 2.16. The molecule has 0 amide bonds. The normalized spacial score (nSPS) is 15.6. The Morgan fingerprint density at radius 1 is 1.25 bits per heavy atom. The molecule has 0 saturated heterocycles. The highest BCUT2D eigenvalue weighted by Gasteiger charge is 2.08. The lowest BCUT2D eigenvalue weighted by molar-refractivity contribution is -0.138. The van der Waals surface area contributed by atoms with Gasteiger partial charge in [-0.05, 0) is 18.3 Å². The van der Waals surface area contributed by atoms with Crippen molar-refractivity contribution in [3.63, 3.8) is 0 Å². The van der Waals surface area contributed by atoms with Crippen LogP contribution in [0.4, 0.5) is 0 Å². The van der Waals surface area contributed by atoms with Crippen molar-refractivity contribution in [2.75, 3.05) is 0 Å². The molecule has 2 nitrogen and oxygen atoms in total. The van der Waals surface area contributed by atoms with Crippen molar-refractivity contribution in [1.29, 1.82) is 0 Å². The molecule has 0 bridgehead atoms. The number of aliphatic carboxylic acids is 1. The Labute approximate surface area is 75.0 Å². The number of carboxylic acid groups (broad SMARTS) is 1. The first-order chi connectivity index (χ1) is 5.56. The predicted octanol–water partition coefficient (Wildman–Crippen LogP) is 2.92. The smallest absolute Gasteiger partial charge is 0.303 e. The fourth-order valence-corrected chi connectivity index (χ4v) is 1.17. The van der Waals surface area contributed by atoms with Gasteiger partial charge in [0.25, 0.3) is 0 Å². The topological polar surface area (TPSA) is 37.3 Å². The van der Waals surface area contributed by atoms with E-state index in [1.54, 1.807) is 0 Å². The van der Waals surface area contributed by atoms with E-state index in [4.69, 9.17) is 5.11 Å². The molecule has 0 radical (unpaired) electrons. The zero-order chi connectivity index (χ0) is 9.56. The molecule has 0 aliphatic rings. The summed E-state index contributed by atoms with van der Waals surface area (Å²) >= 11 is 0. The van der Waals surface area contributed by atoms with Crippen LogP contribution in [0.1, 0.15) is 46.5 Å². The molecule has 0 fully saturated rings. The molecule has 0 aromatic heterocycles. The summed E-state index contributed by atoms with van der Waals surface area (Å²) < 4.78 is 0. The van der Waals surface area contributed by atoms with E-state index in [1.807, 2.05) is 6.92 Å². The Hall–Kier alpha value is -0.530. The van der Waals surface area contributed by atoms with Crippen molar-refractivity contribution >= 4 is 5.97 Å². The maximum atomic E-state index is 10.3. The van der Waals surface area contributed by atoms with Crippen molar-refractivity contribution in [3.8, 4) is 0 Å². The van der Waals surface area contributed by atoms with Gasteiger partial charge in [0.15, 0.2) is 0 Å². The molecule has 0 unspecified atom stereocenters. The van der Waals surface area contributed by atoms with Gasteiger partial charge in [-0.3, -0.25) is 4.79 Å². The van der Waals surface area contributed by atoms with Gasteiger partial charge >= 0.3 is 5.97 Å². The van der Waals surface area contributed by atoms with Crippen LogP contribution in [0.25, 0.3) is 0 Å². The first-order valence-corrected chi connectivity index (χ1v) is 4.78. The van der Waals surface area contributed by atoms with Crippen LogP contribution in [0.15, 0.2) is 0 Å². The molecule has 0 heterocycles. The van der Waals surface area contributed by atoms with Crippen molar-refractivity contribution in [3.05, 3.63) is 0 Å². The molecule has 0 aromatic rings. The quantitative estimate of drug-likeness (QED) is 0.668. The van der Waals surface area contributed by atoms with Gasteiger partial charge in [-0.2, -0.15) is 0 Å². The third kappa shape index (κ3) is 6.20. The average Bonchev–Trinajstić information content (AvgIpc) is 1.99. The second-order valence-electron chi connectivity index (χ2n) is 3.79. The standard InChI is InChI=1S/C10H20O2/c1-4-8(2)5-6-9(3)7-10(11)12/h8-9H,4-7H2,1-3H3,(H,11,12)/t8-,9-/m1/s1. The summed E-state index contributed by atoms with van der Waals surface area (Å²) in [4.78, 5) is 10.3. The Bertz CT molecular complexity index is 132. The summed E-state index contributed by atoms with van der Waals surface area (Å²) in [6.45, 7) is 6.40. The first kappa shape index (κ1) is 11.5. The Balaban J connectivity index is 3.43. The molecule has 0 aromatic carbocycles. The second-order valence-corrected chi connectivity index (χ2v) is 3.79. The van der Waals surface area contributed by atoms with E-state index in [0.29, 0.717) is 12.3 Å². The Kier molecular flexibility index (Phi) is 5.77. The molecule has 72 valence electrons. The summed E-state index contributed by atoms with van der Waals surface area (Å²) in [6, 6.07) is 0. The van der Waals surface area contributed by atoms with Gasteiger partial charge in [-0.25, -0.2) is 0 Å². The molecule has 1 N–H and O–H groups in total. The van der Waals surface area contributed by atoms with Gasteiger partial charge in [0.1, 0.15) is 0 Å². The van der Waals surface area contributed by atoms with E-state index in [-0.39, 0.29) is 0 Å². The van der Waals surface area contributed by atoms with Gasteiger partial charge in [-0.1, -0.05) is 33.6 Å². The molecule has 0 spiro atoms. The van der Waals surface area contributed by atoms with E-state index in [2.05, 4.69) is 13.8 Å². The summed E-state index contributed by atoms with van der Waals surface area (Å²) in [5, 5.41) is 8.51. The second kappa shape index (κ2) is 6.04. The first-order valence-electron chi connectivity index (χ1n) is 4.78. The molecular formula is C10H20O2. The molecule has 2 atom stereocenters. The minimum atomic E-state index is -0.674. The molecule has 2 heteroatoms. The Morgan fingerprint density at radius 3 is 2.17 bits per heavy atom. The largest absolute Gasteiger partial charge is 0.481 e. The van der Waals surface area contributed by atoms with Crippen molar-refractivity contribution in [2.24, 2.45) is 11.8 Å². The van der Waals surface area contributed by atoms with Gasteiger partial charge in [0.2, 0.25) is 0 Å². The third-order valence-electron chi connectivity index (χ3n) is 2.37. The van der Waals surface area contributed by atoms with E-state index >= 15 is 0 Å². The minimum absolute atomic E-state index is 0.316. The van der Waals surface area contributed by atoms with Crippen LogP contribution in [0.3, 0.4) is 0 Å². The Morgan fingerprint density at radius 2 is 1.75 bits per heavy atom. The number of rotatable bonds is 6. The number of hydrogen-bond acceptors (Lipinski definition) is 1. The highest BCUT2D eigenvalue weighted by atomic mass is 16.4. The fourth-order valence-electron chi connectivity index (χ4n) is 1.17. The average molecular weight is 172 g/mol. The van der Waals surface area contributed by atoms with E-state index < -0.39 is 5.97 Å². The third-order valence-corrected chi connectivity index (χ3v) is 2.37. The van der Waals surface area contributed by atoms with Crippen molar-refractivity contribution in [1.82, 2.24) is 0 Å². The van der Waals surface area contributed by atoms with Gasteiger partial charge in [0, 0.05) is 6.42 Å². The lowest BCUT2D eigenvalue weighted by Crippen LogP contribution is -2.05. The maximum absolute atomic E-state index is 10.3. The van der Waals surface area contributed by atoms with Crippen LogP contribution in [0.5, 0.6) is 0 Å². The van der Waals surface area contributed by atoms with Gasteiger partial charge < -0.3 is 5.11 Å². The zero-order valence-corrected chi connectivity index (χ0v) is 8.34. The maximum Gasteiger partial charge on any atom is 0.303 e. The van der Waals surface area contributed by atoms with Gasteiger partial charge in [-0.15, -0.1) is 0 Å². The van der Waals surface area contributed by atoms with Crippen LogP contribution in [-0.4, -0.2) is 11.1 Å². The minimum Gasteiger partial charge on any atom is -0.481 e. The number of carbonyl (C=O) groups is 1. The number of carboxylic acids is 1. The van der Waals surface area contributed by atoms with E-state index in [0.717, 1.165) is 18.8 Å². The lowest BCUT2D eigenvalue weighted by Gasteiger charge is -2.11. The monoisotopic (exact) mass is 172 g/mol. The predicted molar refractivity (Wildman–Crippen MR) is 50.1 cm³/mol. The summed E-state index contributed by atoms with van der Waals surface area (Å²) in [7, 11) is 0. The van der Waals surface area contributed by atoms with Crippen molar-refractivity contribution < 1.29 is 9.90 Å². The van der Waals surface area contributed by atoms with Crippen LogP contribution < -0.4 is 0 Å². The zero-order valence-electron chi connectivity index (χ0n) is 8.34. The SMILES string of the molecule is CC[C@@H](C)CC[C@@H](C)CC(=O)O.